The smallest absolute Gasteiger partial charge is 0.0916 e. The molecule has 2 rings (SSSR count). The number of nitrogens with zero attached hydrogens (tertiary/aromatic N) is 2. The van der Waals surface area contributed by atoms with Crippen LogP contribution in [-0.2, 0) is 0 Å². The number of aliphatic hydroxyl groups is 1. The molecule has 1 N–H and O–H groups in total. The van der Waals surface area contributed by atoms with Gasteiger partial charge in [-0.15, -0.1) is 0 Å². The minimum absolute atomic E-state index is 0.368. The van der Waals surface area contributed by atoms with E-state index < -0.39 is 0 Å². The van der Waals surface area contributed by atoms with Gasteiger partial charge in [0.2, 0.25) is 0 Å². The second-order valence-electron chi connectivity index (χ2n) is 7.38. The van der Waals surface area contributed by atoms with Crippen LogP contribution in [0.1, 0.15) is 38.9 Å². The van der Waals surface area contributed by atoms with Gasteiger partial charge in [-0.05, 0) is 23.9 Å². The Labute approximate surface area is 129 Å². The minimum Gasteiger partial charge on any atom is -0.387 e. The first kappa shape index (κ1) is 16.5. The fourth-order valence-corrected chi connectivity index (χ4v) is 2.71. The predicted octanol–water partition coefficient (Wildman–Crippen LogP) is 2.77. The molecular weight excluding hydrogens is 260 g/mol. The van der Waals surface area contributed by atoms with Gasteiger partial charge in [-0.1, -0.05) is 51.1 Å². The van der Waals surface area contributed by atoms with Gasteiger partial charge < -0.3 is 10.0 Å². The molecular formula is C18H30N2O. The van der Waals surface area contributed by atoms with Gasteiger partial charge in [0.1, 0.15) is 0 Å². The molecule has 1 saturated heterocycles. The van der Waals surface area contributed by atoms with Gasteiger partial charge in [0.05, 0.1) is 6.10 Å². The third-order valence-electron chi connectivity index (χ3n) is 4.26. The molecule has 1 aromatic rings. The summed E-state index contributed by atoms with van der Waals surface area (Å²) in [6.07, 6.45) is 0.881. The summed E-state index contributed by atoms with van der Waals surface area (Å²) < 4.78 is 0. The van der Waals surface area contributed by atoms with Crippen LogP contribution in [0, 0.1) is 5.41 Å². The van der Waals surface area contributed by atoms with Crippen molar-refractivity contribution in [2.45, 2.75) is 33.3 Å². The second-order valence-corrected chi connectivity index (χ2v) is 7.38. The Morgan fingerprint density at radius 1 is 1.00 bits per heavy atom. The maximum absolute atomic E-state index is 10.3. The van der Waals surface area contributed by atoms with E-state index in [4.69, 9.17) is 0 Å². The van der Waals surface area contributed by atoms with Crippen LogP contribution in [0.5, 0.6) is 0 Å². The molecule has 0 saturated carbocycles. The molecule has 1 aliphatic heterocycles. The standard InChI is InChI=1S/C18H30N2O/c1-18(2,3)9-10-19-11-13-20(14-12-19)15-17(21)16-7-5-4-6-8-16/h4-8,17,21H,9-15H2,1-3H3. The summed E-state index contributed by atoms with van der Waals surface area (Å²) in [5, 5.41) is 10.3. The van der Waals surface area contributed by atoms with Crippen molar-refractivity contribution in [1.29, 1.82) is 0 Å². The van der Waals surface area contributed by atoms with Gasteiger partial charge in [-0.3, -0.25) is 4.90 Å². The fourth-order valence-electron chi connectivity index (χ4n) is 2.71. The lowest BCUT2D eigenvalue weighted by Crippen LogP contribution is -2.48. The maximum atomic E-state index is 10.3. The lowest BCUT2D eigenvalue weighted by atomic mass is 9.92. The molecule has 3 nitrogen and oxygen atoms in total. The van der Waals surface area contributed by atoms with Crippen LogP contribution >= 0.6 is 0 Å². The summed E-state index contributed by atoms with van der Waals surface area (Å²) in [4.78, 5) is 4.93. The van der Waals surface area contributed by atoms with Crippen LogP contribution in [0.2, 0.25) is 0 Å². The zero-order valence-corrected chi connectivity index (χ0v) is 13.8. The van der Waals surface area contributed by atoms with Gasteiger partial charge >= 0.3 is 0 Å². The van der Waals surface area contributed by atoms with Gasteiger partial charge in [0.25, 0.3) is 0 Å². The number of rotatable bonds is 5. The van der Waals surface area contributed by atoms with Crippen LogP contribution < -0.4 is 0 Å². The van der Waals surface area contributed by atoms with Crippen LogP contribution in [-0.4, -0.2) is 54.2 Å². The van der Waals surface area contributed by atoms with E-state index >= 15 is 0 Å². The summed E-state index contributed by atoms with van der Waals surface area (Å²) in [5.74, 6) is 0. The number of β-amino-alcohol motifs (C(OH)–C–C–N with tert-alkyl or cyclic N) is 1. The Morgan fingerprint density at radius 2 is 1.57 bits per heavy atom. The van der Waals surface area contributed by atoms with E-state index in [1.807, 2.05) is 30.3 Å². The molecule has 0 radical (unpaired) electrons. The highest BCUT2D eigenvalue weighted by Gasteiger charge is 2.21. The molecule has 0 aromatic heterocycles. The molecule has 1 unspecified atom stereocenters. The molecule has 1 aliphatic rings. The molecule has 1 heterocycles. The first-order valence-electron chi connectivity index (χ1n) is 8.12. The largest absolute Gasteiger partial charge is 0.387 e. The average molecular weight is 290 g/mol. The van der Waals surface area contributed by atoms with E-state index in [1.165, 1.54) is 13.0 Å². The van der Waals surface area contributed by atoms with E-state index in [1.54, 1.807) is 0 Å². The number of aliphatic hydroxyl groups excluding tert-OH is 1. The Kier molecular flexibility index (Phi) is 5.80. The highest BCUT2D eigenvalue weighted by atomic mass is 16.3. The average Bonchev–Trinajstić information content (AvgIpc) is 2.46. The molecule has 0 aliphatic carbocycles. The van der Waals surface area contributed by atoms with Crippen LogP contribution in [0.3, 0.4) is 0 Å². The first-order chi connectivity index (χ1) is 9.94. The lowest BCUT2D eigenvalue weighted by Gasteiger charge is -2.36. The van der Waals surface area contributed by atoms with Crippen molar-refractivity contribution in [3.8, 4) is 0 Å². The summed E-state index contributed by atoms with van der Waals surface area (Å²) in [5.41, 5.74) is 1.44. The van der Waals surface area contributed by atoms with Gasteiger partial charge in [0, 0.05) is 32.7 Å². The van der Waals surface area contributed by atoms with E-state index in [0.717, 1.165) is 38.3 Å². The molecule has 21 heavy (non-hydrogen) atoms. The second kappa shape index (κ2) is 7.39. The Hall–Kier alpha value is -0.900. The molecule has 1 fully saturated rings. The van der Waals surface area contributed by atoms with Crippen LogP contribution in [0.4, 0.5) is 0 Å². The highest BCUT2D eigenvalue weighted by molar-refractivity contribution is 5.17. The quantitative estimate of drug-likeness (QED) is 0.903. The third-order valence-corrected chi connectivity index (χ3v) is 4.26. The summed E-state index contributed by atoms with van der Waals surface area (Å²) in [6, 6.07) is 9.98. The van der Waals surface area contributed by atoms with E-state index in [-0.39, 0.29) is 6.10 Å². The molecule has 1 atom stereocenters. The molecule has 0 bridgehead atoms. The topological polar surface area (TPSA) is 26.7 Å². The van der Waals surface area contributed by atoms with Crippen LogP contribution in [0.15, 0.2) is 30.3 Å². The zero-order chi connectivity index (χ0) is 15.3. The minimum atomic E-state index is -0.368. The van der Waals surface area contributed by atoms with Crippen molar-refractivity contribution in [2.24, 2.45) is 5.41 Å². The molecule has 118 valence electrons. The zero-order valence-electron chi connectivity index (χ0n) is 13.8. The molecule has 3 heteroatoms. The number of hydrogen-bond acceptors (Lipinski definition) is 3. The first-order valence-corrected chi connectivity index (χ1v) is 8.12. The normalized spacial score (nSPS) is 19.6. The fraction of sp³-hybridized carbons (Fsp3) is 0.667. The number of benzene rings is 1. The summed E-state index contributed by atoms with van der Waals surface area (Å²) in [6.45, 7) is 13.2. The van der Waals surface area contributed by atoms with Gasteiger partial charge in [0.15, 0.2) is 0 Å². The highest BCUT2D eigenvalue weighted by Crippen LogP contribution is 2.20. The van der Waals surface area contributed by atoms with Crippen molar-refractivity contribution in [3.63, 3.8) is 0 Å². The molecule has 1 aromatic carbocycles. The predicted molar refractivity (Wildman–Crippen MR) is 88.4 cm³/mol. The monoisotopic (exact) mass is 290 g/mol. The number of piperazine rings is 1. The Balaban J connectivity index is 1.72. The summed E-state index contributed by atoms with van der Waals surface area (Å²) >= 11 is 0. The summed E-state index contributed by atoms with van der Waals surface area (Å²) in [7, 11) is 0. The van der Waals surface area contributed by atoms with Gasteiger partial charge in [-0.2, -0.15) is 0 Å². The van der Waals surface area contributed by atoms with Crippen molar-refractivity contribution >= 4 is 0 Å². The van der Waals surface area contributed by atoms with Crippen molar-refractivity contribution in [2.75, 3.05) is 39.3 Å². The van der Waals surface area contributed by atoms with Crippen molar-refractivity contribution < 1.29 is 5.11 Å². The Bertz CT molecular complexity index is 405. The van der Waals surface area contributed by atoms with Gasteiger partial charge in [-0.25, -0.2) is 0 Å². The molecule has 0 amide bonds. The molecule has 0 spiro atoms. The van der Waals surface area contributed by atoms with E-state index in [0.29, 0.717) is 5.41 Å². The maximum Gasteiger partial charge on any atom is 0.0916 e. The SMILES string of the molecule is CC(C)(C)CCN1CCN(CC(O)c2ccccc2)CC1. The van der Waals surface area contributed by atoms with Crippen LogP contribution in [0.25, 0.3) is 0 Å². The Morgan fingerprint density at radius 3 is 2.14 bits per heavy atom. The van der Waals surface area contributed by atoms with E-state index in [2.05, 4.69) is 30.6 Å². The van der Waals surface area contributed by atoms with Crippen molar-refractivity contribution in [3.05, 3.63) is 35.9 Å². The van der Waals surface area contributed by atoms with Crippen molar-refractivity contribution in [1.82, 2.24) is 9.80 Å². The third kappa shape index (κ3) is 5.77. The van der Waals surface area contributed by atoms with E-state index in [9.17, 15) is 5.11 Å². The lowest BCUT2D eigenvalue weighted by molar-refractivity contribution is 0.0689. The number of hydrogen-bond donors (Lipinski definition) is 1.